The van der Waals surface area contributed by atoms with Crippen LogP contribution in [0.1, 0.15) is 20.3 Å². The van der Waals surface area contributed by atoms with Crippen molar-refractivity contribution in [3.63, 3.8) is 0 Å². The number of hydrogen-bond acceptors (Lipinski definition) is 5. The fourth-order valence-corrected chi connectivity index (χ4v) is 3.75. The van der Waals surface area contributed by atoms with E-state index in [1.165, 1.54) is 0 Å². The monoisotopic (exact) mass is 291 g/mol. The molecule has 5 heteroatoms. The first kappa shape index (κ1) is 14.6. The van der Waals surface area contributed by atoms with E-state index in [9.17, 15) is 0 Å². The first-order valence-electron chi connectivity index (χ1n) is 7.70. The summed E-state index contributed by atoms with van der Waals surface area (Å²) in [6, 6.07) is 4.49. The molecule has 5 nitrogen and oxygen atoms in total. The molecule has 0 spiro atoms. The van der Waals surface area contributed by atoms with E-state index in [-0.39, 0.29) is 12.0 Å². The summed E-state index contributed by atoms with van der Waals surface area (Å²) in [6.07, 6.45) is 3.39. The molecule has 1 saturated carbocycles. The van der Waals surface area contributed by atoms with Crippen molar-refractivity contribution < 1.29 is 9.84 Å². The average molecular weight is 291 g/mol. The Morgan fingerprint density at radius 2 is 2.29 bits per heavy atom. The number of aromatic nitrogens is 1. The van der Waals surface area contributed by atoms with E-state index >= 15 is 0 Å². The number of ether oxygens (including phenoxy) is 1. The number of nitrogens with zero attached hydrogens (tertiary/aromatic N) is 2. The van der Waals surface area contributed by atoms with Gasteiger partial charge in [0.25, 0.3) is 0 Å². The van der Waals surface area contributed by atoms with E-state index in [2.05, 4.69) is 24.1 Å². The van der Waals surface area contributed by atoms with E-state index in [1.807, 2.05) is 30.3 Å². The number of aliphatic hydroxyl groups excluding tert-OH is 1. The van der Waals surface area contributed by atoms with Crippen molar-refractivity contribution in [1.29, 1.82) is 0 Å². The summed E-state index contributed by atoms with van der Waals surface area (Å²) in [5, 5.41) is 12.5. The summed E-state index contributed by atoms with van der Waals surface area (Å²) in [4.78, 5) is 6.50. The van der Waals surface area contributed by atoms with Crippen LogP contribution < -0.4 is 10.2 Å². The van der Waals surface area contributed by atoms with Crippen molar-refractivity contribution in [1.82, 2.24) is 4.98 Å². The minimum atomic E-state index is 0.149. The highest BCUT2D eigenvalue weighted by atomic mass is 16.5. The molecule has 21 heavy (non-hydrogen) atoms. The Labute approximate surface area is 126 Å². The molecule has 3 atom stereocenters. The largest absolute Gasteiger partial charge is 0.395 e. The molecule has 2 N–H and O–H groups in total. The van der Waals surface area contributed by atoms with Gasteiger partial charge < -0.3 is 20.1 Å². The van der Waals surface area contributed by atoms with Crippen LogP contribution in [0.5, 0.6) is 0 Å². The molecule has 2 heterocycles. The molecule has 3 unspecified atom stereocenters. The van der Waals surface area contributed by atoms with Gasteiger partial charge in [0, 0.05) is 37.6 Å². The summed E-state index contributed by atoms with van der Waals surface area (Å²) >= 11 is 0. The molecule has 1 aromatic heterocycles. The van der Waals surface area contributed by atoms with Gasteiger partial charge >= 0.3 is 0 Å². The SMILES string of the molecule is CN(CCO)c1ccc(NC2C3CCOC3C2(C)C)nc1. The van der Waals surface area contributed by atoms with Crippen LogP contribution >= 0.6 is 0 Å². The van der Waals surface area contributed by atoms with Crippen LogP contribution in [-0.2, 0) is 4.74 Å². The average Bonchev–Trinajstić information content (AvgIpc) is 2.92. The Morgan fingerprint density at radius 3 is 2.95 bits per heavy atom. The van der Waals surface area contributed by atoms with Gasteiger partial charge in [0.15, 0.2) is 0 Å². The molecule has 2 fully saturated rings. The number of aliphatic hydroxyl groups is 1. The van der Waals surface area contributed by atoms with Crippen molar-refractivity contribution in [3.8, 4) is 0 Å². The van der Waals surface area contributed by atoms with Crippen molar-refractivity contribution >= 4 is 11.5 Å². The van der Waals surface area contributed by atoms with Gasteiger partial charge in [-0.2, -0.15) is 0 Å². The smallest absolute Gasteiger partial charge is 0.126 e. The Morgan fingerprint density at radius 1 is 1.48 bits per heavy atom. The zero-order chi connectivity index (χ0) is 15.0. The van der Waals surface area contributed by atoms with Gasteiger partial charge in [0.2, 0.25) is 0 Å². The third-order valence-corrected chi connectivity index (χ3v) is 5.03. The number of anilines is 2. The molecule has 2 aliphatic rings. The maximum Gasteiger partial charge on any atom is 0.126 e. The second-order valence-corrected chi connectivity index (χ2v) is 6.73. The lowest BCUT2D eigenvalue weighted by Crippen LogP contribution is -2.63. The van der Waals surface area contributed by atoms with Crippen LogP contribution in [-0.4, -0.2) is 49.0 Å². The van der Waals surface area contributed by atoms with Crippen LogP contribution in [0.2, 0.25) is 0 Å². The van der Waals surface area contributed by atoms with Crippen LogP contribution in [0, 0.1) is 11.3 Å². The van der Waals surface area contributed by atoms with Crippen molar-refractivity contribution in [3.05, 3.63) is 18.3 Å². The van der Waals surface area contributed by atoms with Crippen LogP contribution in [0.3, 0.4) is 0 Å². The highest BCUT2D eigenvalue weighted by molar-refractivity contribution is 5.49. The van der Waals surface area contributed by atoms with Crippen LogP contribution in [0.15, 0.2) is 18.3 Å². The fraction of sp³-hybridized carbons (Fsp3) is 0.688. The molecule has 0 aromatic carbocycles. The molecule has 1 aliphatic carbocycles. The summed E-state index contributed by atoms with van der Waals surface area (Å²) in [6.45, 7) is 6.18. The van der Waals surface area contributed by atoms with E-state index in [0.29, 0.717) is 24.6 Å². The summed E-state index contributed by atoms with van der Waals surface area (Å²) in [7, 11) is 1.95. The van der Waals surface area contributed by atoms with Gasteiger partial charge in [-0.05, 0) is 18.6 Å². The molecule has 1 aliphatic heterocycles. The number of pyridine rings is 1. The summed E-state index contributed by atoms with van der Waals surface area (Å²) < 4.78 is 5.82. The highest BCUT2D eigenvalue weighted by Crippen LogP contribution is 2.53. The van der Waals surface area contributed by atoms with E-state index < -0.39 is 0 Å². The highest BCUT2D eigenvalue weighted by Gasteiger charge is 2.59. The molecule has 3 rings (SSSR count). The number of fused-ring (bicyclic) bond motifs is 1. The maximum atomic E-state index is 8.97. The lowest BCUT2D eigenvalue weighted by atomic mass is 9.57. The summed E-state index contributed by atoms with van der Waals surface area (Å²) in [5.41, 5.74) is 1.18. The molecular weight excluding hydrogens is 266 g/mol. The third kappa shape index (κ3) is 2.49. The minimum absolute atomic E-state index is 0.149. The van der Waals surface area contributed by atoms with Gasteiger partial charge in [-0.3, -0.25) is 0 Å². The maximum absolute atomic E-state index is 8.97. The van der Waals surface area contributed by atoms with E-state index in [1.54, 1.807) is 0 Å². The Balaban J connectivity index is 1.66. The van der Waals surface area contributed by atoms with Crippen molar-refractivity contribution in [2.24, 2.45) is 11.3 Å². The van der Waals surface area contributed by atoms with Gasteiger partial charge in [-0.25, -0.2) is 4.98 Å². The quantitative estimate of drug-likeness (QED) is 0.865. The van der Waals surface area contributed by atoms with E-state index in [0.717, 1.165) is 24.5 Å². The first-order chi connectivity index (χ1) is 10.0. The van der Waals surface area contributed by atoms with E-state index in [4.69, 9.17) is 9.84 Å². The lowest BCUT2D eigenvalue weighted by molar-refractivity contribution is -0.0924. The number of nitrogens with one attached hydrogen (secondary N) is 1. The predicted octanol–water partition coefficient (Wildman–Crippen LogP) is 1.74. The molecule has 1 saturated heterocycles. The Bertz CT molecular complexity index is 489. The first-order valence-corrected chi connectivity index (χ1v) is 7.70. The van der Waals surface area contributed by atoms with Gasteiger partial charge in [0.05, 0.1) is 24.6 Å². The predicted molar refractivity (Wildman–Crippen MR) is 83.6 cm³/mol. The van der Waals surface area contributed by atoms with Gasteiger partial charge in [0.1, 0.15) is 5.82 Å². The zero-order valence-corrected chi connectivity index (χ0v) is 13.0. The number of rotatable bonds is 5. The fourth-order valence-electron chi connectivity index (χ4n) is 3.75. The summed E-state index contributed by atoms with van der Waals surface area (Å²) in [5.74, 6) is 1.53. The normalized spacial score (nSPS) is 29.6. The molecular formula is C16H25N3O2. The molecule has 0 amide bonds. The van der Waals surface area contributed by atoms with Crippen molar-refractivity contribution in [2.45, 2.75) is 32.4 Å². The standard InChI is InChI=1S/C16H25N3O2/c1-16(2)14(12-6-9-21-15(12)16)18-13-5-4-11(10-17-13)19(3)7-8-20/h4-5,10,12,14-15,20H,6-9H2,1-3H3,(H,17,18). The second-order valence-electron chi connectivity index (χ2n) is 6.73. The topological polar surface area (TPSA) is 57.6 Å². The van der Waals surface area contributed by atoms with Gasteiger partial charge in [-0.15, -0.1) is 0 Å². The molecule has 0 radical (unpaired) electrons. The lowest BCUT2D eigenvalue weighted by Gasteiger charge is -2.54. The molecule has 116 valence electrons. The molecule has 0 bridgehead atoms. The zero-order valence-electron chi connectivity index (χ0n) is 13.0. The van der Waals surface area contributed by atoms with Crippen LogP contribution in [0.25, 0.3) is 0 Å². The van der Waals surface area contributed by atoms with Crippen LogP contribution in [0.4, 0.5) is 11.5 Å². The minimum Gasteiger partial charge on any atom is -0.395 e. The third-order valence-electron chi connectivity index (χ3n) is 5.03. The van der Waals surface area contributed by atoms with Crippen molar-refractivity contribution in [2.75, 3.05) is 37.0 Å². The second kappa shape index (κ2) is 5.46. The Kier molecular flexibility index (Phi) is 3.80. The van der Waals surface area contributed by atoms with Gasteiger partial charge in [-0.1, -0.05) is 13.8 Å². The molecule has 1 aromatic rings. The number of hydrogen-bond donors (Lipinski definition) is 2. The Hall–Kier alpha value is -1.33. The number of likely N-dealkylation sites (N-methyl/N-ethyl adjacent to an activating group) is 1.